The first-order valence-corrected chi connectivity index (χ1v) is 7.09. The Kier molecular flexibility index (Phi) is 2.93. The van der Waals surface area contributed by atoms with E-state index >= 15 is 0 Å². The molecule has 0 amide bonds. The molecular weight excluding hydrogens is 198 g/mol. The Hall–Kier alpha value is -0.350. The zero-order chi connectivity index (χ0) is 10.0. The molecule has 0 aromatic carbocycles. The molecule has 2 rings (SSSR count). The summed E-state index contributed by atoms with van der Waals surface area (Å²) < 4.78 is 22.4. The molecule has 4 heteroatoms. The lowest BCUT2D eigenvalue weighted by molar-refractivity contribution is 0.575. The molecule has 14 heavy (non-hydrogen) atoms. The molecule has 1 saturated heterocycles. The van der Waals surface area contributed by atoms with Crippen LogP contribution in [0.4, 0.5) is 0 Å². The van der Waals surface area contributed by atoms with Crippen molar-refractivity contribution in [1.29, 1.82) is 0 Å². The van der Waals surface area contributed by atoms with E-state index in [9.17, 15) is 8.42 Å². The highest BCUT2D eigenvalue weighted by atomic mass is 32.2. The molecule has 1 aliphatic heterocycles. The summed E-state index contributed by atoms with van der Waals surface area (Å²) in [5, 5.41) is 3.33. The predicted molar refractivity (Wildman–Crippen MR) is 57.0 cm³/mol. The van der Waals surface area contributed by atoms with Gasteiger partial charge in [0.1, 0.15) is 0 Å². The smallest absolute Gasteiger partial charge is 0.151 e. The second-order valence-electron chi connectivity index (χ2n) is 4.24. The van der Waals surface area contributed by atoms with E-state index in [0.717, 1.165) is 13.0 Å². The Labute approximate surface area is 85.5 Å². The minimum Gasteiger partial charge on any atom is -0.309 e. The van der Waals surface area contributed by atoms with Crippen LogP contribution in [0.1, 0.15) is 25.7 Å². The van der Waals surface area contributed by atoms with Crippen molar-refractivity contribution in [3.63, 3.8) is 0 Å². The Morgan fingerprint density at radius 3 is 2.93 bits per heavy atom. The summed E-state index contributed by atoms with van der Waals surface area (Å²) in [7, 11) is -2.72. The van der Waals surface area contributed by atoms with Crippen LogP contribution in [0.2, 0.25) is 0 Å². The van der Waals surface area contributed by atoms with Gasteiger partial charge in [-0.05, 0) is 25.7 Å². The van der Waals surface area contributed by atoms with Gasteiger partial charge in [-0.3, -0.25) is 0 Å². The van der Waals surface area contributed by atoms with E-state index in [4.69, 9.17) is 0 Å². The average molecular weight is 215 g/mol. The van der Waals surface area contributed by atoms with Gasteiger partial charge in [0, 0.05) is 12.6 Å². The minimum absolute atomic E-state index is 0.196. The van der Waals surface area contributed by atoms with E-state index in [2.05, 4.69) is 11.4 Å². The fourth-order valence-corrected chi connectivity index (χ4v) is 3.84. The van der Waals surface area contributed by atoms with Crippen LogP contribution in [-0.4, -0.2) is 32.5 Å². The van der Waals surface area contributed by atoms with Crippen LogP contribution in [0.15, 0.2) is 11.6 Å². The molecule has 0 aromatic rings. The van der Waals surface area contributed by atoms with E-state index in [1.807, 2.05) is 0 Å². The van der Waals surface area contributed by atoms with Gasteiger partial charge in [0.05, 0.1) is 11.5 Å². The highest BCUT2D eigenvalue weighted by molar-refractivity contribution is 7.91. The number of allylic oxidation sites excluding steroid dienone is 1. The van der Waals surface area contributed by atoms with Crippen molar-refractivity contribution in [2.75, 3.05) is 18.1 Å². The van der Waals surface area contributed by atoms with Crippen molar-refractivity contribution in [3.8, 4) is 0 Å². The van der Waals surface area contributed by atoms with Gasteiger partial charge in [-0.25, -0.2) is 8.42 Å². The highest BCUT2D eigenvalue weighted by Crippen LogP contribution is 2.17. The van der Waals surface area contributed by atoms with Gasteiger partial charge in [0.25, 0.3) is 0 Å². The van der Waals surface area contributed by atoms with E-state index in [-0.39, 0.29) is 6.04 Å². The molecular formula is C10H17NO2S. The van der Waals surface area contributed by atoms with E-state index in [1.165, 1.54) is 24.8 Å². The normalized spacial score (nSPS) is 30.6. The Balaban J connectivity index is 1.77. The van der Waals surface area contributed by atoms with E-state index in [1.54, 1.807) is 0 Å². The molecule has 0 spiro atoms. The SMILES string of the molecule is O=S1(=O)CCC(NCC2=CCCC2)C1. The first-order chi connectivity index (χ1) is 6.66. The van der Waals surface area contributed by atoms with Crippen molar-refractivity contribution in [2.45, 2.75) is 31.7 Å². The predicted octanol–water partition coefficient (Wildman–Crippen LogP) is 0.873. The lowest BCUT2D eigenvalue weighted by Crippen LogP contribution is -2.31. The molecule has 0 aromatic heterocycles. The molecule has 1 unspecified atom stereocenters. The van der Waals surface area contributed by atoms with Gasteiger partial charge in [0.15, 0.2) is 9.84 Å². The second-order valence-corrected chi connectivity index (χ2v) is 6.46. The molecule has 0 saturated carbocycles. The largest absolute Gasteiger partial charge is 0.309 e. The fraction of sp³-hybridized carbons (Fsp3) is 0.800. The lowest BCUT2D eigenvalue weighted by atomic mass is 10.2. The van der Waals surface area contributed by atoms with Crippen LogP contribution in [0.3, 0.4) is 0 Å². The van der Waals surface area contributed by atoms with E-state index in [0.29, 0.717) is 11.5 Å². The Morgan fingerprint density at radius 2 is 2.36 bits per heavy atom. The Bertz CT molecular complexity index is 332. The average Bonchev–Trinajstić information content (AvgIpc) is 2.70. The third-order valence-corrected chi connectivity index (χ3v) is 4.75. The third-order valence-electron chi connectivity index (χ3n) is 2.99. The van der Waals surface area contributed by atoms with Gasteiger partial charge in [-0.2, -0.15) is 0 Å². The summed E-state index contributed by atoms with van der Waals surface area (Å²) in [5.74, 6) is 0.698. The summed E-state index contributed by atoms with van der Waals surface area (Å²) in [5.41, 5.74) is 1.45. The van der Waals surface area contributed by atoms with Crippen molar-refractivity contribution in [1.82, 2.24) is 5.32 Å². The van der Waals surface area contributed by atoms with Crippen LogP contribution < -0.4 is 5.32 Å². The van der Waals surface area contributed by atoms with Gasteiger partial charge >= 0.3 is 0 Å². The van der Waals surface area contributed by atoms with Crippen molar-refractivity contribution in [3.05, 3.63) is 11.6 Å². The van der Waals surface area contributed by atoms with Crippen LogP contribution in [0.25, 0.3) is 0 Å². The Morgan fingerprint density at radius 1 is 1.50 bits per heavy atom. The summed E-state index contributed by atoms with van der Waals surface area (Å²) in [6.07, 6.45) is 6.71. The maximum Gasteiger partial charge on any atom is 0.151 e. The first kappa shape index (κ1) is 10.2. The molecule has 0 bridgehead atoms. The zero-order valence-corrected chi connectivity index (χ0v) is 9.15. The summed E-state index contributed by atoms with van der Waals surface area (Å²) >= 11 is 0. The zero-order valence-electron chi connectivity index (χ0n) is 8.33. The van der Waals surface area contributed by atoms with Gasteiger partial charge in [-0.15, -0.1) is 0 Å². The topological polar surface area (TPSA) is 46.2 Å². The van der Waals surface area contributed by atoms with Crippen molar-refractivity contribution < 1.29 is 8.42 Å². The van der Waals surface area contributed by atoms with Crippen molar-refractivity contribution in [2.24, 2.45) is 0 Å². The second kappa shape index (κ2) is 4.03. The molecule has 1 aliphatic carbocycles. The lowest BCUT2D eigenvalue weighted by Gasteiger charge is -2.10. The third kappa shape index (κ3) is 2.58. The molecule has 1 N–H and O–H groups in total. The molecule has 1 fully saturated rings. The maximum atomic E-state index is 11.2. The monoisotopic (exact) mass is 215 g/mol. The minimum atomic E-state index is -2.72. The fourth-order valence-electron chi connectivity index (χ4n) is 2.13. The van der Waals surface area contributed by atoms with Crippen molar-refractivity contribution >= 4 is 9.84 Å². The number of hydrogen-bond donors (Lipinski definition) is 1. The van der Waals surface area contributed by atoms with Gasteiger partial charge in [0.2, 0.25) is 0 Å². The van der Waals surface area contributed by atoms with Crippen LogP contribution in [0, 0.1) is 0 Å². The number of rotatable bonds is 3. The summed E-state index contributed by atoms with van der Waals surface area (Å²) in [4.78, 5) is 0. The highest BCUT2D eigenvalue weighted by Gasteiger charge is 2.27. The molecule has 80 valence electrons. The quantitative estimate of drug-likeness (QED) is 0.711. The van der Waals surface area contributed by atoms with Gasteiger partial charge in [-0.1, -0.05) is 11.6 Å². The summed E-state index contributed by atoms with van der Waals surface area (Å²) in [6, 6.07) is 0.196. The number of hydrogen-bond acceptors (Lipinski definition) is 3. The standard InChI is InChI=1S/C10H17NO2S/c12-14(13)6-5-10(8-14)11-7-9-3-1-2-4-9/h3,10-11H,1-2,4-8H2. The van der Waals surface area contributed by atoms with Gasteiger partial charge < -0.3 is 5.32 Å². The van der Waals surface area contributed by atoms with E-state index < -0.39 is 9.84 Å². The molecule has 0 radical (unpaired) electrons. The molecule has 2 aliphatic rings. The van der Waals surface area contributed by atoms with Crippen LogP contribution in [0.5, 0.6) is 0 Å². The first-order valence-electron chi connectivity index (χ1n) is 5.27. The van der Waals surface area contributed by atoms with Crippen LogP contribution in [-0.2, 0) is 9.84 Å². The number of sulfone groups is 1. The molecule has 1 heterocycles. The molecule has 1 atom stereocenters. The molecule has 3 nitrogen and oxygen atoms in total. The van der Waals surface area contributed by atoms with Crippen LogP contribution >= 0.6 is 0 Å². The number of nitrogens with one attached hydrogen (secondary N) is 1. The maximum absolute atomic E-state index is 11.2. The summed E-state index contributed by atoms with van der Waals surface area (Å²) in [6.45, 7) is 0.889.